The van der Waals surface area contributed by atoms with Crippen molar-refractivity contribution in [2.75, 3.05) is 51.5 Å². The summed E-state index contributed by atoms with van der Waals surface area (Å²) in [4.78, 5) is 14.6. The Morgan fingerprint density at radius 1 is 0.939 bits per heavy atom. The number of rotatable bonds is 3. The second-order valence-corrected chi connectivity index (χ2v) is 9.59. The number of piperazine rings is 1. The largest absolute Gasteiger partial charge is 0.331 e. The highest BCUT2D eigenvalue weighted by Gasteiger charge is 2.37. The number of fused-ring (bicyclic) bond motifs is 5. The molecule has 8 heteroatoms. The molecule has 172 valence electrons. The summed E-state index contributed by atoms with van der Waals surface area (Å²) in [6.45, 7) is 10.1. The number of aliphatic imine (C=N–C) groups is 1. The van der Waals surface area contributed by atoms with Crippen LogP contribution >= 0.6 is 0 Å². The predicted molar refractivity (Wildman–Crippen MR) is 132 cm³/mol. The van der Waals surface area contributed by atoms with E-state index in [1.807, 2.05) is 0 Å². The van der Waals surface area contributed by atoms with E-state index in [0.717, 1.165) is 55.8 Å². The first-order valence-electron chi connectivity index (χ1n) is 11.9. The van der Waals surface area contributed by atoms with Crippen molar-refractivity contribution >= 4 is 22.9 Å². The van der Waals surface area contributed by atoms with E-state index in [9.17, 15) is 0 Å². The number of hydrazine groups is 1. The first kappa shape index (κ1) is 20.7. The minimum atomic E-state index is -0.0428. The Labute approximate surface area is 195 Å². The topological polar surface area (TPSA) is 55.2 Å². The number of aromatic nitrogens is 2. The maximum Gasteiger partial charge on any atom is 0.216 e. The Hall–Kier alpha value is -2.94. The molecule has 3 aliphatic heterocycles. The van der Waals surface area contributed by atoms with Crippen LogP contribution in [-0.4, -0.2) is 77.0 Å². The standard InChI is InChI=1S/C25H32N8/c1-18(2)19-8-10-20(11-9-19)23-28-24-26-16-31(30-14-12-29(3)13-15-30)17-32(24)25-27-21-6-4-5-7-22(21)33(23)25/h4-11,18,23H,12-17H2,1-3H3,(H,26,28)/t23-/m0/s1. The van der Waals surface area contributed by atoms with Crippen LogP contribution in [0, 0.1) is 0 Å². The van der Waals surface area contributed by atoms with Crippen molar-refractivity contribution < 1.29 is 0 Å². The van der Waals surface area contributed by atoms with Crippen LogP contribution in [-0.2, 0) is 0 Å². The molecule has 3 aromatic rings. The number of likely N-dealkylation sites (N-methyl/N-ethyl adjacent to an activating group) is 1. The number of anilines is 1. The fraction of sp³-hybridized carbons (Fsp3) is 0.440. The van der Waals surface area contributed by atoms with Crippen LogP contribution in [0.3, 0.4) is 0 Å². The van der Waals surface area contributed by atoms with Gasteiger partial charge in [0, 0.05) is 26.2 Å². The summed E-state index contributed by atoms with van der Waals surface area (Å²) < 4.78 is 2.33. The van der Waals surface area contributed by atoms with Gasteiger partial charge < -0.3 is 10.2 Å². The molecule has 0 radical (unpaired) electrons. The van der Waals surface area contributed by atoms with Crippen molar-refractivity contribution in [3.63, 3.8) is 0 Å². The molecule has 0 saturated carbocycles. The Bertz CT molecular complexity index is 1170. The van der Waals surface area contributed by atoms with Gasteiger partial charge in [0.05, 0.1) is 17.7 Å². The van der Waals surface area contributed by atoms with E-state index in [1.165, 1.54) is 11.1 Å². The molecule has 0 unspecified atom stereocenters. The van der Waals surface area contributed by atoms with Crippen molar-refractivity contribution in [3.8, 4) is 0 Å². The molecule has 0 amide bonds. The minimum absolute atomic E-state index is 0.0428. The zero-order valence-electron chi connectivity index (χ0n) is 19.6. The van der Waals surface area contributed by atoms with E-state index in [4.69, 9.17) is 9.98 Å². The molecule has 1 atom stereocenters. The summed E-state index contributed by atoms with van der Waals surface area (Å²) in [5.41, 5.74) is 4.71. The summed E-state index contributed by atoms with van der Waals surface area (Å²) in [5.74, 6) is 2.37. The number of hydrogen-bond acceptors (Lipinski definition) is 7. The molecule has 4 heterocycles. The summed E-state index contributed by atoms with van der Waals surface area (Å²) in [5, 5.41) is 8.51. The van der Waals surface area contributed by atoms with Crippen LogP contribution in [0.2, 0.25) is 0 Å². The van der Waals surface area contributed by atoms with Gasteiger partial charge in [0.1, 0.15) is 12.8 Å². The van der Waals surface area contributed by atoms with Gasteiger partial charge in [0.15, 0.2) is 0 Å². The summed E-state index contributed by atoms with van der Waals surface area (Å²) in [7, 11) is 2.19. The average Bonchev–Trinajstić information content (AvgIpc) is 3.24. The van der Waals surface area contributed by atoms with Crippen molar-refractivity contribution in [2.45, 2.75) is 25.9 Å². The third kappa shape index (κ3) is 3.58. The fourth-order valence-electron chi connectivity index (χ4n) is 5.01. The van der Waals surface area contributed by atoms with Crippen LogP contribution in [0.1, 0.15) is 37.1 Å². The Balaban J connectivity index is 1.39. The van der Waals surface area contributed by atoms with Crippen LogP contribution in [0.5, 0.6) is 0 Å². The highest BCUT2D eigenvalue weighted by Crippen LogP contribution is 2.34. The monoisotopic (exact) mass is 444 g/mol. The molecule has 33 heavy (non-hydrogen) atoms. The lowest BCUT2D eigenvalue weighted by Crippen LogP contribution is -2.62. The fourth-order valence-corrected chi connectivity index (χ4v) is 5.01. The van der Waals surface area contributed by atoms with Gasteiger partial charge in [-0.15, -0.1) is 0 Å². The highest BCUT2D eigenvalue weighted by molar-refractivity contribution is 5.98. The number of imidazole rings is 1. The lowest BCUT2D eigenvalue weighted by Gasteiger charge is -2.46. The molecule has 1 aromatic heterocycles. The molecule has 2 aromatic carbocycles. The summed E-state index contributed by atoms with van der Waals surface area (Å²) >= 11 is 0. The van der Waals surface area contributed by atoms with Crippen molar-refractivity contribution in [2.24, 2.45) is 4.99 Å². The smallest absolute Gasteiger partial charge is 0.216 e. The Kier molecular flexibility index (Phi) is 5.09. The van der Waals surface area contributed by atoms with Crippen LogP contribution < -0.4 is 10.2 Å². The van der Waals surface area contributed by atoms with Gasteiger partial charge in [-0.2, -0.15) is 0 Å². The first-order chi connectivity index (χ1) is 16.1. The van der Waals surface area contributed by atoms with Gasteiger partial charge in [-0.3, -0.25) is 9.47 Å². The maximum atomic E-state index is 5.07. The van der Waals surface area contributed by atoms with E-state index in [2.05, 4.69) is 99.1 Å². The predicted octanol–water partition coefficient (Wildman–Crippen LogP) is 2.87. The van der Waals surface area contributed by atoms with Gasteiger partial charge in [-0.1, -0.05) is 50.2 Å². The first-order valence-corrected chi connectivity index (χ1v) is 11.9. The molecular weight excluding hydrogens is 412 g/mol. The van der Waals surface area contributed by atoms with Gasteiger partial charge >= 0.3 is 0 Å². The number of nitrogens with zero attached hydrogens (tertiary/aromatic N) is 7. The molecular formula is C25H32N8. The zero-order chi connectivity index (χ0) is 22.5. The highest BCUT2D eigenvalue weighted by atomic mass is 15.7. The molecule has 1 saturated heterocycles. The lowest BCUT2D eigenvalue weighted by atomic mass is 10.0. The van der Waals surface area contributed by atoms with E-state index >= 15 is 0 Å². The van der Waals surface area contributed by atoms with Crippen molar-refractivity contribution in [1.29, 1.82) is 0 Å². The van der Waals surface area contributed by atoms with Crippen molar-refractivity contribution in [3.05, 3.63) is 59.7 Å². The average molecular weight is 445 g/mol. The molecule has 0 aliphatic carbocycles. The van der Waals surface area contributed by atoms with Crippen LogP contribution in [0.25, 0.3) is 11.0 Å². The van der Waals surface area contributed by atoms with Gasteiger partial charge in [0.25, 0.3) is 0 Å². The van der Waals surface area contributed by atoms with E-state index < -0.39 is 0 Å². The molecule has 1 fully saturated rings. The van der Waals surface area contributed by atoms with Gasteiger partial charge in [0.2, 0.25) is 11.9 Å². The molecule has 0 spiro atoms. The normalized spacial score (nSPS) is 22.2. The third-order valence-electron chi connectivity index (χ3n) is 7.09. The third-order valence-corrected chi connectivity index (χ3v) is 7.09. The van der Waals surface area contributed by atoms with Crippen LogP contribution in [0.4, 0.5) is 5.95 Å². The quantitative estimate of drug-likeness (QED) is 0.671. The SMILES string of the molecule is CC(C)c1ccc([C@H]2NC3=NCN(N4CCN(C)CC4)CN3c3nc4ccccc4n32)cc1. The number of benzene rings is 2. The maximum absolute atomic E-state index is 5.07. The number of hydrogen-bond donors (Lipinski definition) is 1. The van der Waals surface area contributed by atoms with Crippen LogP contribution in [0.15, 0.2) is 53.5 Å². The Morgan fingerprint density at radius 2 is 1.70 bits per heavy atom. The molecule has 3 aliphatic rings. The molecule has 6 rings (SSSR count). The minimum Gasteiger partial charge on any atom is -0.331 e. The number of guanidine groups is 1. The summed E-state index contributed by atoms with van der Waals surface area (Å²) in [6.07, 6.45) is -0.0428. The zero-order valence-corrected chi connectivity index (χ0v) is 19.6. The lowest BCUT2D eigenvalue weighted by molar-refractivity contribution is -0.0528. The number of para-hydroxylation sites is 2. The van der Waals surface area contributed by atoms with E-state index in [1.54, 1.807) is 0 Å². The number of nitrogens with one attached hydrogen (secondary N) is 1. The van der Waals surface area contributed by atoms with E-state index in [0.29, 0.717) is 12.6 Å². The molecule has 8 nitrogen and oxygen atoms in total. The second kappa shape index (κ2) is 8.13. The molecule has 1 N–H and O–H groups in total. The second-order valence-electron chi connectivity index (χ2n) is 9.59. The van der Waals surface area contributed by atoms with Gasteiger partial charge in [-0.05, 0) is 36.2 Å². The molecule has 0 bridgehead atoms. The van der Waals surface area contributed by atoms with Gasteiger partial charge in [-0.25, -0.2) is 20.0 Å². The Morgan fingerprint density at radius 3 is 2.45 bits per heavy atom. The van der Waals surface area contributed by atoms with Crippen molar-refractivity contribution in [1.82, 2.24) is 29.8 Å². The summed E-state index contributed by atoms with van der Waals surface area (Å²) in [6, 6.07) is 17.4. The van der Waals surface area contributed by atoms with E-state index in [-0.39, 0.29) is 6.17 Å².